The maximum absolute atomic E-state index is 10.2. The van der Waals surface area contributed by atoms with Gasteiger partial charge in [0.1, 0.15) is 0 Å². The van der Waals surface area contributed by atoms with Gasteiger partial charge < -0.3 is 11.7 Å². The van der Waals surface area contributed by atoms with Crippen LogP contribution in [0.4, 0.5) is 0 Å². The van der Waals surface area contributed by atoms with E-state index in [4.69, 9.17) is 0 Å². The number of ether oxygens (including phenoxy) is 1. The van der Waals surface area contributed by atoms with Crippen LogP contribution < -0.4 is 0 Å². The second kappa shape index (κ2) is 10.1. The summed E-state index contributed by atoms with van der Waals surface area (Å²) in [5, 5.41) is 0. The molecule has 0 saturated heterocycles. The van der Waals surface area contributed by atoms with Crippen LogP contribution in [-0.2, 0) is 22.7 Å². The second-order valence-electron chi connectivity index (χ2n) is 1.53. The van der Waals surface area contributed by atoms with Crippen LogP contribution >= 0.6 is 27.2 Å². The molecule has 0 heterocycles. The van der Waals surface area contributed by atoms with Gasteiger partial charge in [-0.1, -0.05) is 12.8 Å². The smallest absolute Gasteiger partial charge is 0.277 e. The molecular weight excluding hydrogens is 317 g/mol. The number of carbonyl (C=O) groups is 1. The van der Waals surface area contributed by atoms with Gasteiger partial charge in [-0.05, 0) is 0 Å². The topological polar surface area (TPSA) is 26.3 Å². The third kappa shape index (κ3) is 11.8. The number of carbonyl (C=O) groups excluding carboxylic acids is 1. The summed E-state index contributed by atoms with van der Waals surface area (Å²) in [6.45, 7) is 5.12. The zero-order valence-corrected chi connectivity index (χ0v) is 12.2. The van der Waals surface area contributed by atoms with Gasteiger partial charge in [0.15, 0.2) is 0 Å². The van der Waals surface area contributed by atoms with Crippen LogP contribution in [0.3, 0.4) is 0 Å². The summed E-state index contributed by atoms with van der Waals surface area (Å²) in [7, 11) is 1.35. The van der Waals surface area contributed by atoms with Crippen molar-refractivity contribution in [2.45, 2.75) is 6.92 Å². The Bertz CT molecular complexity index is 87.7. The molecule has 5 heteroatoms. The van der Waals surface area contributed by atoms with Crippen molar-refractivity contribution in [1.29, 1.82) is 0 Å². The Morgan fingerprint density at radius 1 is 1.70 bits per heavy atom. The fraction of sp³-hybridized carbons (Fsp3) is 0.600. The van der Waals surface area contributed by atoms with E-state index in [-0.39, 0.29) is 25.1 Å². The molecule has 0 aromatic heterocycles. The van der Waals surface area contributed by atoms with Crippen molar-refractivity contribution in [3.05, 3.63) is 6.92 Å². The Balaban J connectivity index is 0. The summed E-state index contributed by atoms with van der Waals surface area (Å²) in [6, 6.07) is 0. The maximum Gasteiger partial charge on any atom is 0.277 e. The van der Waals surface area contributed by atoms with Gasteiger partial charge in [-0.2, -0.15) is 0 Å². The predicted octanol–water partition coefficient (Wildman–Crippen LogP) is 2.32. The summed E-state index contributed by atoms with van der Waals surface area (Å²) >= 11 is 6.25. The zero-order chi connectivity index (χ0) is 8.57. The van der Waals surface area contributed by atoms with Crippen LogP contribution in [0.1, 0.15) is 6.92 Å². The first-order valence-electron chi connectivity index (χ1n) is 2.63. The Morgan fingerprint density at radius 2 is 2.00 bits per heavy atom. The molecule has 0 aliphatic rings. The molecule has 2 nitrogen and oxygen atoms in total. The van der Waals surface area contributed by atoms with Crippen LogP contribution in [0.2, 0.25) is 0 Å². The first kappa shape index (κ1) is 13.6. The molecule has 0 aromatic carbocycles. The summed E-state index contributed by atoms with van der Waals surface area (Å²) in [5.41, 5.74) is 0. The van der Waals surface area contributed by atoms with Crippen LogP contribution in [0, 0.1) is 12.8 Å². The van der Waals surface area contributed by atoms with E-state index in [0.29, 0.717) is 0 Å². The normalized spacial score (nSPS) is 10.1. The van der Waals surface area contributed by atoms with E-state index < -0.39 is 0 Å². The Morgan fingerprint density at radius 3 is 2.00 bits per heavy atom. The fourth-order valence-corrected chi connectivity index (χ4v) is 0.201. The van der Waals surface area contributed by atoms with E-state index in [2.05, 4.69) is 38.9 Å². The van der Waals surface area contributed by atoms with Crippen LogP contribution in [0.5, 0.6) is 0 Å². The molecule has 0 amide bonds. The summed E-state index contributed by atoms with van der Waals surface area (Å²) in [5.74, 6) is -0.509. The quantitative estimate of drug-likeness (QED) is 0.420. The number of hydrogen-bond acceptors (Lipinski definition) is 2. The van der Waals surface area contributed by atoms with E-state index >= 15 is 0 Å². The van der Waals surface area contributed by atoms with Crippen LogP contribution in [0.15, 0.2) is 0 Å². The Labute approximate surface area is 82.4 Å². The molecule has 0 fully saturated rings. The van der Waals surface area contributed by atoms with Gasteiger partial charge in [0.05, 0.1) is 7.11 Å². The summed E-state index contributed by atoms with van der Waals surface area (Å²) in [6.07, 6.45) is 0. The van der Waals surface area contributed by atoms with Gasteiger partial charge >= 0.3 is 40.5 Å². The number of rotatable bonds is 1. The molecule has 0 unspecified atom stereocenters. The number of methoxy groups -OCH3 is 1. The van der Waals surface area contributed by atoms with E-state index in [9.17, 15) is 4.79 Å². The first-order chi connectivity index (χ1) is 4.59. The molecule has 10 heavy (non-hydrogen) atoms. The maximum atomic E-state index is 10.2. The molecule has 1 atom stereocenters. The average molecular weight is 326 g/mol. The molecular formula is C5H9Br2O2Zn-. The molecule has 0 spiro atoms. The van der Waals surface area contributed by atoms with E-state index in [1.165, 1.54) is 7.11 Å². The fourth-order valence-electron chi connectivity index (χ4n) is 0.201. The molecule has 0 aliphatic carbocycles. The predicted molar refractivity (Wildman–Crippen MR) is 44.4 cm³/mol. The molecule has 0 rings (SSSR count). The number of hydrogen-bond donors (Lipinski definition) is 0. The van der Waals surface area contributed by atoms with Gasteiger partial charge in [0, 0.05) is 0 Å². The van der Waals surface area contributed by atoms with Crippen molar-refractivity contribution in [3.8, 4) is 0 Å². The van der Waals surface area contributed by atoms with Crippen LogP contribution in [0.25, 0.3) is 0 Å². The number of esters is 1. The summed E-state index contributed by atoms with van der Waals surface area (Å²) < 4.78 is 4.31. The minimum atomic E-state index is -0.264. The van der Waals surface area contributed by atoms with Crippen molar-refractivity contribution in [2.24, 2.45) is 5.92 Å². The first-order valence-corrected chi connectivity index (χ1v) is 16.5. The third-order valence-electron chi connectivity index (χ3n) is 0.604. The number of halogens is 2. The van der Waals surface area contributed by atoms with Crippen molar-refractivity contribution < 1.29 is 22.7 Å². The molecule has 0 saturated carbocycles. The SMILES string of the molecule is [Br][Zn][Br].[CH2-][C@H](C)C(=O)OC. The largest absolute Gasteiger partial charge is 0.471 e. The van der Waals surface area contributed by atoms with Crippen molar-refractivity contribution >= 4 is 33.2 Å². The molecule has 0 aliphatic heterocycles. The van der Waals surface area contributed by atoms with Crippen LogP contribution in [-0.4, -0.2) is 13.1 Å². The Hall–Kier alpha value is 1.05. The van der Waals surface area contributed by atoms with Gasteiger partial charge in [0.25, 0.3) is 5.97 Å². The molecule has 0 radical (unpaired) electrons. The molecule has 0 aromatic rings. The van der Waals surface area contributed by atoms with Crippen molar-refractivity contribution in [2.75, 3.05) is 7.11 Å². The average Bonchev–Trinajstić information content (AvgIpc) is 1.88. The minimum absolute atomic E-state index is 0.245. The van der Waals surface area contributed by atoms with Gasteiger partial charge in [-0.25, -0.2) is 0 Å². The molecule has 58 valence electrons. The molecule has 0 bridgehead atoms. The Kier molecular flexibility index (Phi) is 13.7. The van der Waals surface area contributed by atoms with E-state index in [0.717, 1.165) is 0 Å². The van der Waals surface area contributed by atoms with E-state index in [1.807, 2.05) is 0 Å². The monoisotopic (exact) mass is 323 g/mol. The van der Waals surface area contributed by atoms with E-state index in [1.54, 1.807) is 6.92 Å². The van der Waals surface area contributed by atoms with Gasteiger partial charge in [0.2, 0.25) is 0 Å². The van der Waals surface area contributed by atoms with Crippen molar-refractivity contribution in [1.82, 2.24) is 0 Å². The molecule has 0 N–H and O–H groups in total. The third-order valence-corrected chi connectivity index (χ3v) is 0.604. The van der Waals surface area contributed by atoms with Crippen molar-refractivity contribution in [3.63, 3.8) is 0 Å². The standard InChI is InChI=1S/C5H9O2.2BrH.Zn/c1-4(2)5(6)7-3;;;/h4H,1H2,2-3H3;2*1H;/q-1;;;+2/p-2/t4-;;;/m1.../s1. The van der Waals surface area contributed by atoms with Gasteiger partial charge in [-0.15, -0.1) is 0 Å². The zero-order valence-electron chi connectivity index (χ0n) is 6.06. The summed E-state index contributed by atoms with van der Waals surface area (Å²) in [4.78, 5) is 10.2. The van der Waals surface area contributed by atoms with Gasteiger partial charge in [-0.3, -0.25) is 4.79 Å². The minimum Gasteiger partial charge on any atom is -0.471 e. The second-order valence-corrected chi connectivity index (χ2v) is 15.6.